The standard InChI is InChI=1S/C10H18N4/c1-8(2)5-6-12-10-4-3-9(14-11)7-13-10/h3-4,7-8,14H,5-6,11H2,1-2H3,(H,12,13). The fraction of sp³-hybridized carbons (Fsp3) is 0.500. The molecule has 0 saturated heterocycles. The Morgan fingerprint density at radius 3 is 2.71 bits per heavy atom. The van der Waals surface area contributed by atoms with Gasteiger partial charge in [-0.15, -0.1) is 0 Å². The molecular weight excluding hydrogens is 176 g/mol. The number of nitrogens with two attached hydrogens (primary N) is 1. The summed E-state index contributed by atoms with van der Waals surface area (Å²) in [7, 11) is 0. The van der Waals surface area contributed by atoms with Crippen molar-refractivity contribution in [1.82, 2.24) is 4.98 Å². The highest BCUT2D eigenvalue weighted by atomic mass is 15.2. The summed E-state index contributed by atoms with van der Waals surface area (Å²) >= 11 is 0. The Kier molecular flexibility index (Phi) is 4.19. The number of hydrazine groups is 1. The number of anilines is 2. The zero-order valence-electron chi connectivity index (χ0n) is 8.75. The van der Waals surface area contributed by atoms with Gasteiger partial charge < -0.3 is 10.7 Å². The molecule has 4 nitrogen and oxygen atoms in total. The Labute approximate surface area is 84.9 Å². The third kappa shape index (κ3) is 3.62. The van der Waals surface area contributed by atoms with E-state index >= 15 is 0 Å². The average Bonchev–Trinajstić information content (AvgIpc) is 2.18. The summed E-state index contributed by atoms with van der Waals surface area (Å²) in [6.45, 7) is 5.37. The van der Waals surface area contributed by atoms with Crippen molar-refractivity contribution in [3.8, 4) is 0 Å². The topological polar surface area (TPSA) is 63.0 Å². The molecule has 0 unspecified atom stereocenters. The van der Waals surface area contributed by atoms with E-state index in [1.54, 1.807) is 6.20 Å². The number of hydrogen-bond donors (Lipinski definition) is 3. The van der Waals surface area contributed by atoms with Crippen LogP contribution in [0.5, 0.6) is 0 Å². The van der Waals surface area contributed by atoms with Crippen LogP contribution >= 0.6 is 0 Å². The fourth-order valence-corrected chi connectivity index (χ4v) is 1.07. The van der Waals surface area contributed by atoms with Crippen molar-refractivity contribution in [3.05, 3.63) is 18.3 Å². The van der Waals surface area contributed by atoms with Gasteiger partial charge in [0.2, 0.25) is 0 Å². The van der Waals surface area contributed by atoms with E-state index in [9.17, 15) is 0 Å². The number of aromatic nitrogens is 1. The third-order valence-electron chi connectivity index (χ3n) is 1.96. The van der Waals surface area contributed by atoms with Gasteiger partial charge in [0.25, 0.3) is 0 Å². The van der Waals surface area contributed by atoms with Crippen molar-refractivity contribution in [2.75, 3.05) is 17.3 Å². The second-order valence-electron chi connectivity index (χ2n) is 3.69. The molecule has 0 fully saturated rings. The maximum absolute atomic E-state index is 5.23. The van der Waals surface area contributed by atoms with Crippen LogP contribution in [0.25, 0.3) is 0 Å². The number of nitrogens with one attached hydrogen (secondary N) is 2. The van der Waals surface area contributed by atoms with Gasteiger partial charge in [0.1, 0.15) is 5.82 Å². The second kappa shape index (κ2) is 5.44. The summed E-state index contributed by atoms with van der Waals surface area (Å²) in [6.07, 6.45) is 2.86. The van der Waals surface area contributed by atoms with Gasteiger partial charge in [-0.25, -0.2) is 4.98 Å². The van der Waals surface area contributed by atoms with Gasteiger partial charge in [-0.2, -0.15) is 0 Å². The van der Waals surface area contributed by atoms with E-state index in [4.69, 9.17) is 5.84 Å². The van der Waals surface area contributed by atoms with Gasteiger partial charge >= 0.3 is 0 Å². The zero-order valence-corrected chi connectivity index (χ0v) is 8.75. The molecule has 1 aromatic heterocycles. The highest BCUT2D eigenvalue weighted by Crippen LogP contribution is 2.08. The average molecular weight is 194 g/mol. The Hall–Kier alpha value is -1.29. The first-order chi connectivity index (χ1) is 6.72. The van der Waals surface area contributed by atoms with Crippen LogP contribution in [0.1, 0.15) is 20.3 Å². The summed E-state index contributed by atoms with van der Waals surface area (Å²) in [6, 6.07) is 3.81. The SMILES string of the molecule is CC(C)CCNc1ccc(NN)cn1. The van der Waals surface area contributed by atoms with Crippen molar-refractivity contribution in [1.29, 1.82) is 0 Å². The number of pyridine rings is 1. The first-order valence-electron chi connectivity index (χ1n) is 4.89. The second-order valence-corrected chi connectivity index (χ2v) is 3.69. The van der Waals surface area contributed by atoms with Gasteiger partial charge in [-0.1, -0.05) is 13.8 Å². The van der Waals surface area contributed by atoms with Crippen LogP contribution < -0.4 is 16.6 Å². The van der Waals surface area contributed by atoms with Crippen molar-refractivity contribution in [3.63, 3.8) is 0 Å². The van der Waals surface area contributed by atoms with Crippen LogP contribution in [0.3, 0.4) is 0 Å². The number of hydrogen-bond acceptors (Lipinski definition) is 4. The number of nitrogen functional groups attached to an aromatic ring is 1. The summed E-state index contributed by atoms with van der Waals surface area (Å²) in [4.78, 5) is 4.19. The molecule has 0 bridgehead atoms. The molecule has 0 saturated carbocycles. The molecule has 0 radical (unpaired) electrons. The van der Waals surface area contributed by atoms with Crippen molar-refractivity contribution >= 4 is 11.5 Å². The minimum atomic E-state index is 0.715. The van der Waals surface area contributed by atoms with Crippen LogP contribution in [0.2, 0.25) is 0 Å². The number of rotatable bonds is 5. The van der Waals surface area contributed by atoms with E-state index in [0.717, 1.165) is 24.5 Å². The van der Waals surface area contributed by atoms with Gasteiger partial charge in [0.05, 0.1) is 11.9 Å². The zero-order chi connectivity index (χ0) is 10.4. The van der Waals surface area contributed by atoms with Gasteiger partial charge in [-0.3, -0.25) is 5.84 Å². The molecule has 1 aromatic rings. The molecule has 0 aliphatic heterocycles. The third-order valence-corrected chi connectivity index (χ3v) is 1.96. The smallest absolute Gasteiger partial charge is 0.126 e. The largest absolute Gasteiger partial charge is 0.370 e. The molecule has 1 heterocycles. The summed E-state index contributed by atoms with van der Waals surface area (Å²) in [5.74, 6) is 6.84. The van der Waals surface area contributed by atoms with Crippen molar-refractivity contribution in [2.24, 2.45) is 11.8 Å². The van der Waals surface area contributed by atoms with Crippen LogP contribution in [0, 0.1) is 5.92 Å². The lowest BCUT2D eigenvalue weighted by Crippen LogP contribution is -2.08. The first-order valence-corrected chi connectivity index (χ1v) is 4.89. The van der Waals surface area contributed by atoms with E-state index in [1.807, 2.05) is 12.1 Å². The predicted octanol–water partition coefficient (Wildman–Crippen LogP) is 1.83. The Morgan fingerprint density at radius 2 is 2.21 bits per heavy atom. The van der Waals surface area contributed by atoms with Gasteiger partial charge in [0.15, 0.2) is 0 Å². The molecule has 4 heteroatoms. The van der Waals surface area contributed by atoms with E-state index < -0.39 is 0 Å². The molecule has 14 heavy (non-hydrogen) atoms. The molecule has 4 N–H and O–H groups in total. The highest BCUT2D eigenvalue weighted by Gasteiger charge is 1.95. The molecule has 0 spiro atoms. The first kappa shape index (κ1) is 10.8. The Balaban J connectivity index is 2.36. The van der Waals surface area contributed by atoms with Crippen molar-refractivity contribution < 1.29 is 0 Å². The number of nitrogens with zero attached hydrogens (tertiary/aromatic N) is 1. The van der Waals surface area contributed by atoms with E-state index in [2.05, 4.69) is 29.6 Å². The molecular formula is C10H18N4. The van der Waals surface area contributed by atoms with Crippen LogP contribution in [-0.4, -0.2) is 11.5 Å². The Bertz CT molecular complexity index is 255. The molecule has 0 atom stereocenters. The minimum absolute atomic E-state index is 0.715. The lowest BCUT2D eigenvalue weighted by Gasteiger charge is -2.07. The Morgan fingerprint density at radius 1 is 1.43 bits per heavy atom. The maximum atomic E-state index is 5.23. The van der Waals surface area contributed by atoms with Gasteiger partial charge in [0, 0.05) is 6.54 Å². The van der Waals surface area contributed by atoms with Gasteiger partial charge in [-0.05, 0) is 24.5 Å². The quantitative estimate of drug-likeness (QED) is 0.494. The van der Waals surface area contributed by atoms with Crippen molar-refractivity contribution in [2.45, 2.75) is 20.3 Å². The van der Waals surface area contributed by atoms with Crippen LogP contribution in [0.15, 0.2) is 18.3 Å². The summed E-state index contributed by atoms with van der Waals surface area (Å²) in [5.41, 5.74) is 3.36. The molecule has 0 aliphatic rings. The maximum Gasteiger partial charge on any atom is 0.126 e. The van der Waals surface area contributed by atoms with Crippen LogP contribution in [0.4, 0.5) is 11.5 Å². The summed E-state index contributed by atoms with van der Waals surface area (Å²) in [5, 5.41) is 3.25. The fourth-order valence-electron chi connectivity index (χ4n) is 1.07. The molecule has 0 amide bonds. The van der Waals surface area contributed by atoms with E-state index in [-0.39, 0.29) is 0 Å². The lowest BCUT2D eigenvalue weighted by atomic mass is 10.1. The predicted molar refractivity (Wildman–Crippen MR) is 60.0 cm³/mol. The van der Waals surface area contributed by atoms with Crippen LogP contribution in [-0.2, 0) is 0 Å². The van der Waals surface area contributed by atoms with E-state index in [0.29, 0.717) is 5.92 Å². The highest BCUT2D eigenvalue weighted by molar-refractivity contribution is 5.46. The minimum Gasteiger partial charge on any atom is -0.370 e. The molecule has 0 aromatic carbocycles. The lowest BCUT2D eigenvalue weighted by molar-refractivity contribution is 0.606. The normalized spacial score (nSPS) is 10.3. The molecule has 78 valence electrons. The molecule has 0 aliphatic carbocycles. The monoisotopic (exact) mass is 194 g/mol. The summed E-state index contributed by atoms with van der Waals surface area (Å²) < 4.78 is 0. The molecule has 1 rings (SSSR count). The van der Waals surface area contributed by atoms with E-state index in [1.165, 1.54) is 0 Å².